The number of rotatable bonds is 1. The van der Waals surface area contributed by atoms with Crippen LogP contribution in [0.4, 0.5) is 0 Å². The van der Waals surface area contributed by atoms with Crippen LogP contribution in [0.25, 0.3) is 6.08 Å². The average molecular weight is 367 g/mol. The Hall–Kier alpha value is -1.38. The smallest absolute Gasteiger partial charge is 0.165 e. The highest BCUT2D eigenvalue weighted by atomic mass is 16.1. The van der Waals surface area contributed by atoms with Gasteiger partial charge in [0.2, 0.25) is 0 Å². The molecular formula is C24H34N2O. The predicted molar refractivity (Wildman–Crippen MR) is 108 cm³/mol. The second kappa shape index (κ2) is 6.06. The van der Waals surface area contributed by atoms with Crippen molar-refractivity contribution in [2.24, 2.45) is 41.5 Å². The fourth-order valence-electron chi connectivity index (χ4n) is 7.80. The first-order valence-electron chi connectivity index (χ1n) is 11.2. The molecule has 0 spiro atoms. The van der Waals surface area contributed by atoms with Crippen molar-refractivity contribution in [1.29, 1.82) is 0 Å². The van der Waals surface area contributed by atoms with Gasteiger partial charge in [-0.05, 0) is 91.7 Å². The second-order valence-electron chi connectivity index (χ2n) is 10.4. The summed E-state index contributed by atoms with van der Waals surface area (Å²) in [4.78, 5) is 13.4. The maximum Gasteiger partial charge on any atom is 0.165 e. The van der Waals surface area contributed by atoms with Crippen molar-refractivity contribution in [1.82, 2.24) is 9.78 Å². The van der Waals surface area contributed by atoms with E-state index in [0.29, 0.717) is 17.1 Å². The topological polar surface area (TPSA) is 34.9 Å². The van der Waals surface area contributed by atoms with Crippen LogP contribution in [0.3, 0.4) is 0 Å². The lowest BCUT2D eigenvalue weighted by atomic mass is 9.45. The molecule has 146 valence electrons. The number of carbonyl (C=O) groups excluding carboxylic acids is 1. The Labute approximate surface area is 163 Å². The SMILES string of the molecule is Cn1nccc1/C=C1/C[C@@H]2[C@H]3CC[C@H]4CCCC[C@]4(C)[C@@H]3CC[C@]2(C)C1=O. The van der Waals surface area contributed by atoms with Gasteiger partial charge in [-0.2, -0.15) is 5.10 Å². The zero-order chi connectivity index (χ0) is 18.8. The Morgan fingerprint density at radius 3 is 2.74 bits per heavy atom. The molecule has 1 aromatic heterocycles. The monoisotopic (exact) mass is 366 g/mol. The van der Waals surface area contributed by atoms with Gasteiger partial charge in [0, 0.05) is 18.7 Å². The van der Waals surface area contributed by atoms with E-state index in [9.17, 15) is 4.79 Å². The zero-order valence-electron chi connectivity index (χ0n) is 17.2. The number of hydrogen-bond donors (Lipinski definition) is 0. The lowest BCUT2D eigenvalue weighted by Gasteiger charge is -2.59. The summed E-state index contributed by atoms with van der Waals surface area (Å²) in [5.41, 5.74) is 2.53. The summed E-state index contributed by atoms with van der Waals surface area (Å²) in [5.74, 6) is 3.53. The van der Waals surface area contributed by atoms with Crippen LogP contribution in [0.5, 0.6) is 0 Å². The zero-order valence-corrected chi connectivity index (χ0v) is 17.2. The number of allylic oxidation sites excluding steroid dienone is 1. The second-order valence-corrected chi connectivity index (χ2v) is 10.4. The summed E-state index contributed by atoms with van der Waals surface area (Å²) in [7, 11) is 1.96. The Bertz CT molecular complexity index is 792. The molecule has 0 bridgehead atoms. The van der Waals surface area contributed by atoms with Gasteiger partial charge in [0.15, 0.2) is 5.78 Å². The first-order valence-corrected chi connectivity index (χ1v) is 11.2. The molecule has 5 rings (SSSR count). The Balaban J connectivity index is 1.48. The maximum absolute atomic E-state index is 13.4. The van der Waals surface area contributed by atoms with Gasteiger partial charge in [-0.25, -0.2) is 0 Å². The molecule has 4 aliphatic rings. The van der Waals surface area contributed by atoms with Gasteiger partial charge in [0.05, 0.1) is 5.69 Å². The van der Waals surface area contributed by atoms with Gasteiger partial charge in [-0.15, -0.1) is 0 Å². The van der Waals surface area contributed by atoms with Gasteiger partial charge in [0.25, 0.3) is 0 Å². The summed E-state index contributed by atoms with van der Waals surface area (Å²) >= 11 is 0. The van der Waals surface area contributed by atoms with Crippen molar-refractivity contribution in [3.05, 3.63) is 23.5 Å². The third-order valence-corrected chi connectivity index (χ3v) is 9.40. The van der Waals surface area contributed by atoms with Crippen molar-refractivity contribution < 1.29 is 4.79 Å². The van der Waals surface area contributed by atoms with E-state index in [2.05, 4.69) is 25.0 Å². The molecule has 0 aliphatic heterocycles. The van der Waals surface area contributed by atoms with E-state index in [-0.39, 0.29) is 5.41 Å². The molecule has 0 N–H and O–H groups in total. The fraction of sp³-hybridized carbons (Fsp3) is 0.750. The predicted octanol–water partition coefficient (Wildman–Crippen LogP) is 5.42. The van der Waals surface area contributed by atoms with Crippen molar-refractivity contribution in [3.63, 3.8) is 0 Å². The summed E-state index contributed by atoms with van der Waals surface area (Å²) in [5, 5.41) is 4.27. The molecule has 3 nitrogen and oxygen atoms in total. The molecule has 6 atom stereocenters. The van der Waals surface area contributed by atoms with Crippen LogP contribution in [-0.2, 0) is 11.8 Å². The lowest BCUT2D eigenvalue weighted by Crippen LogP contribution is -2.52. The molecule has 1 heterocycles. The van der Waals surface area contributed by atoms with E-state index < -0.39 is 0 Å². The van der Waals surface area contributed by atoms with Crippen LogP contribution in [0, 0.1) is 34.5 Å². The van der Waals surface area contributed by atoms with Gasteiger partial charge >= 0.3 is 0 Å². The molecule has 4 saturated carbocycles. The normalized spacial score (nSPS) is 45.4. The summed E-state index contributed by atoms with van der Waals surface area (Å²) in [6.45, 7) is 4.90. The highest BCUT2D eigenvalue weighted by Crippen LogP contribution is 2.66. The number of aromatic nitrogens is 2. The lowest BCUT2D eigenvalue weighted by molar-refractivity contribution is -0.137. The molecule has 27 heavy (non-hydrogen) atoms. The highest BCUT2D eigenvalue weighted by molar-refractivity contribution is 6.05. The van der Waals surface area contributed by atoms with Gasteiger partial charge in [-0.1, -0.05) is 26.7 Å². The first-order chi connectivity index (χ1) is 12.9. The van der Waals surface area contributed by atoms with Crippen molar-refractivity contribution in [2.75, 3.05) is 0 Å². The molecule has 0 amide bonds. The number of aryl methyl sites for hydroxylation is 1. The van der Waals surface area contributed by atoms with Crippen molar-refractivity contribution in [2.45, 2.75) is 71.6 Å². The molecule has 4 fully saturated rings. The number of carbonyl (C=O) groups is 1. The molecule has 0 saturated heterocycles. The fourth-order valence-corrected chi connectivity index (χ4v) is 7.80. The van der Waals surface area contributed by atoms with E-state index in [0.717, 1.165) is 41.9 Å². The third kappa shape index (κ3) is 2.46. The van der Waals surface area contributed by atoms with E-state index in [1.807, 2.05) is 24.0 Å². The molecule has 4 aliphatic carbocycles. The van der Waals surface area contributed by atoms with Crippen LogP contribution in [0.1, 0.15) is 77.3 Å². The minimum absolute atomic E-state index is 0.122. The van der Waals surface area contributed by atoms with Crippen LogP contribution in [0.15, 0.2) is 17.8 Å². The Morgan fingerprint density at radius 1 is 1.11 bits per heavy atom. The van der Waals surface area contributed by atoms with E-state index in [1.54, 1.807) is 0 Å². The van der Waals surface area contributed by atoms with Crippen LogP contribution >= 0.6 is 0 Å². The first kappa shape index (κ1) is 17.7. The average Bonchev–Trinajstić information content (AvgIpc) is 3.17. The van der Waals surface area contributed by atoms with Crippen molar-refractivity contribution >= 4 is 11.9 Å². The maximum atomic E-state index is 13.4. The Kier molecular flexibility index (Phi) is 3.97. The molecule has 3 heteroatoms. The summed E-state index contributed by atoms with van der Waals surface area (Å²) < 4.78 is 1.88. The van der Waals surface area contributed by atoms with Gasteiger partial charge in [-0.3, -0.25) is 9.48 Å². The van der Waals surface area contributed by atoms with Crippen LogP contribution in [0.2, 0.25) is 0 Å². The largest absolute Gasteiger partial charge is 0.294 e. The minimum Gasteiger partial charge on any atom is -0.294 e. The van der Waals surface area contributed by atoms with Crippen molar-refractivity contribution in [3.8, 4) is 0 Å². The molecular weight excluding hydrogens is 332 g/mol. The van der Waals surface area contributed by atoms with Gasteiger partial charge in [0.1, 0.15) is 0 Å². The highest BCUT2D eigenvalue weighted by Gasteiger charge is 2.60. The summed E-state index contributed by atoms with van der Waals surface area (Å²) in [6.07, 6.45) is 15.8. The molecule has 0 unspecified atom stereocenters. The van der Waals surface area contributed by atoms with Crippen LogP contribution in [-0.4, -0.2) is 15.6 Å². The third-order valence-electron chi connectivity index (χ3n) is 9.40. The summed E-state index contributed by atoms with van der Waals surface area (Å²) in [6, 6.07) is 2.02. The minimum atomic E-state index is -0.122. The van der Waals surface area contributed by atoms with E-state index in [4.69, 9.17) is 0 Å². The molecule has 0 radical (unpaired) electrons. The standard InChI is InChI=1S/C24H34N2O/c1-23-11-5-4-6-17(23)7-8-19-20(23)9-12-24(2)21(19)15-16(22(24)27)14-18-10-13-25-26(18)3/h10,13-14,17,19-21H,4-9,11-12,15H2,1-3H3/b16-14-/t17-,19+,20-,21-,23+,24+/m1/s1. The quantitative estimate of drug-likeness (QED) is 0.622. The number of ketones is 1. The van der Waals surface area contributed by atoms with E-state index in [1.165, 1.54) is 44.9 Å². The number of hydrogen-bond acceptors (Lipinski definition) is 2. The number of Topliss-reactive ketones (excluding diaryl/α,β-unsaturated/α-hetero) is 1. The Morgan fingerprint density at radius 2 is 1.96 bits per heavy atom. The number of fused-ring (bicyclic) bond motifs is 5. The van der Waals surface area contributed by atoms with Crippen LogP contribution < -0.4 is 0 Å². The number of nitrogens with zero attached hydrogens (tertiary/aromatic N) is 2. The molecule has 1 aromatic rings. The van der Waals surface area contributed by atoms with Gasteiger partial charge < -0.3 is 0 Å². The molecule has 0 aromatic carbocycles. The van der Waals surface area contributed by atoms with E-state index >= 15 is 0 Å².